The lowest BCUT2D eigenvalue weighted by Gasteiger charge is -2.14. The van der Waals surface area contributed by atoms with Gasteiger partial charge in [0, 0.05) is 6.20 Å². The van der Waals surface area contributed by atoms with Gasteiger partial charge in [0.1, 0.15) is 17.0 Å². The summed E-state index contributed by atoms with van der Waals surface area (Å²) in [5, 5.41) is 17.9. The molecule has 0 aliphatic carbocycles. The van der Waals surface area contributed by atoms with E-state index in [1.54, 1.807) is 6.07 Å². The minimum absolute atomic E-state index is 0.188. The van der Waals surface area contributed by atoms with Crippen LogP contribution in [0.15, 0.2) is 23.2 Å². The zero-order valence-electron chi connectivity index (χ0n) is 10.9. The zero-order chi connectivity index (χ0) is 15.2. The molecule has 108 valence electrons. The number of pyridine rings is 1. The fourth-order valence-electron chi connectivity index (χ4n) is 1.58. The van der Waals surface area contributed by atoms with Crippen molar-refractivity contribution in [2.75, 3.05) is 0 Å². The molecule has 2 N–H and O–H groups in total. The van der Waals surface area contributed by atoms with Crippen LogP contribution < -0.4 is 4.72 Å². The minimum Gasteiger partial charge on any atom is -0.480 e. The Balaban J connectivity index is 3.04. The summed E-state index contributed by atoms with van der Waals surface area (Å²) in [6, 6.07) is 3.04. The average Bonchev–Trinajstić information content (AvgIpc) is 2.43. The number of carboxylic acid groups (broad SMARTS) is 1. The highest BCUT2D eigenvalue weighted by atomic mass is 32.2. The van der Waals surface area contributed by atoms with Crippen LogP contribution >= 0.6 is 0 Å². The largest absolute Gasteiger partial charge is 0.480 e. The van der Waals surface area contributed by atoms with Gasteiger partial charge in [0.05, 0.1) is 0 Å². The quantitative estimate of drug-likeness (QED) is 0.770. The van der Waals surface area contributed by atoms with Crippen LogP contribution in [0.2, 0.25) is 0 Å². The highest BCUT2D eigenvalue weighted by Crippen LogP contribution is 2.13. The van der Waals surface area contributed by atoms with Crippen molar-refractivity contribution in [1.29, 1.82) is 5.26 Å². The van der Waals surface area contributed by atoms with Gasteiger partial charge in [-0.05, 0) is 18.6 Å². The van der Waals surface area contributed by atoms with E-state index in [-0.39, 0.29) is 17.0 Å². The molecule has 0 fully saturated rings. The number of hydrogen-bond acceptors (Lipinski definition) is 5. The predicted octanol–water partition coefficient (Wildman–Crippen LogP) is 0.875. The highest BCUT2D eigenvalue weighted by molar-refractivity contribution is 7.89. The third-order valence-corrected chi connectivity index (χ3v) is 4.11. The van der Waals surface area contributed by atoms with Gasteiger partial charge in [0.15, 0.2) is 5.69 Å². The van der Waals surface area contributed by atoms with Gasteiger partial charge in [-0.15, -0.1) is 0 Å². The number of unbranched alkanes of at least 4 members (excludes halogenated alkanes) is 1. The molecular formula is C12H15N3O4S. The molecule has 0 amide bonds. The molecule has 0 saturated heterocycles. The van der Waals surface area contributed by atoms with Gasteiger partial charge in [0.25, 0.3) is 0 Å². The fraction of sp³-hybridized carbons (Fsp3) is 0.417. The van der Waals surface area contributed by atoms with E-state index in [1.807, 2.05) is 6.92 Å². The number of aromatic nitrogens is 1. The number of nitrogens with one attached hydrogen (secondary N) is 1. The Bertz CT molecular complexity index is 622. The first-order valence-electron chi connectivity index (χ1n) is 6.02. The van der Waals surface area contributed by atoms with E-state index in [1.165, 1.54) is 18.3 Å². The summed E-state index contributed by atoms with van der Waals surface area (Å²) in [6.07, 6.45) is 2.82. The summed E-state index contributed by atoms with van der Waals surface area (Å²) < 4.78 is 26.3. The van der Waals surface area contributed by atoms with Crippen molar-refractivity contribution in [2.45, 2.75) is 37.1 Å². The molecule has 8 heteroatoms. The van der Waals surface area contributed by atoms with E-state index in [0.29, 0.717) is 6.42 Å². The van der Waals surface area contributed by atoms with Crippen molar-refractivity contribution >= 4 is 16.0 Å². The van der Waals surface area contributed by atoms with E-state index in [0.717, 1.165) is 6.42 Å². The van der Waals surface area contributed by atoms with Crippen molar-refractivity contribution in [2.24, 2.45) is 0 Å². The van der Waals surface area contributed by atoms with Crippen LogP contribution in [0.25, 0.3) is 0 Å². The van der Waals surface area contributed by atoms with Crippen LogP contribution in [-0.2, 0) is 14.8 Å². The van der Waals surface area contributed by atoms with E-state index >= 15 is 0 Å². The number of hydrogen-bond donors (Lipinski definition) is 2. The Hall–Kier alpha value is -1.98. The van der Waals surface area contributed by atoms with E-state index < -0.39 is 22.0 Å². The second-order valence-electron chi connectivity index (χ2n) is 4.12. The van der Waals surface area contributed by atoms with Crippen LogP contribution in [0.3, 0.4) is 0 Å². The van der Waals surface area contributed by atoms with Crippen molar-refractivity contribution in [3.05, 3.63) is 24.0 Å². The Morgan fingerprint density at radius 2 is 2.30 bits per heavy atom. The lowest BCUT2D eigenvalue weighted by atomic mass is 10.1. The SMILES string of the molecule is CCCC[C@H](NS(=O)(=O)c1cccnc1C#N)C(=O)O. The Morgan fingerprint density at radius 3 is 2.85 bits per heavy atom. The lowest BCUT2D eigenvalue weighted by Crippen LogP contribution is -2.40. The van der Waals surface area contributed by atoms with Crippen LogP contribution in [0, 0.1) is 11.3 Å². The summed E-state index contributed by atoms with van der Waals surface area (Å²) in [6.45, 7) is 1.88. The lowest BCUT2D eigenvalue weighted by molar-refractivity contribution is -0.139. The van der Waals surface area contributed by atoms with Crippen LogP contribution in [0.4, 0.5) is 0 Å². The van der Waals surface area contributed by atoms with Crippen LogP contribution in [0.1, 0.15) is 31.9 Å². The van der Waals surface area contributed by atoms with Gasteiger partial charge >= 0.3 is 5.97 Å². The number of nitrogens with zero attached hydrogens (tertiary/aromatic N) is 2. The molecule has 0 aromatic carbocycles. The monoisotopic (exact) mass is 297 g/mol. The smallest absolute Gasteiger partial charge is 0.321 e. The molecule has 1 aromatic heterocycles. The molecule has 7 nitrogen and oxygen atoms in total. The first kappa shape index (κ1) is 16.1. The molecule has 0 aliphatic rings. The summed E-state index contributed by atoms with van der Waals surface area (Å²) in [4.78, 5) is 14.4. The molecule has 1 rings (SSSR count). The van der Waals surface area contributed by atoms with E-state index in [2.05, 4.69) is 9.71 Å². The summed E-state index contributed by atoms with van der Waals surface area (Å²) in [5.74, 6) is -1.25. The molecule has 1 aromatic rings. The highest BCUT2D eigenvalue weighted by Gasteiger charge is 2.27. The van der Waals surface area contributed by atoms with E-state index in [4.69, 9.17) is 10.4 Å². The summed E-state index contributed by atoms with van der Waals surface area (Å²) >= 11 is 0. The van der Waals surface area contributed by atoms with Gasteiger partial charge in [-0.2, -0.15) is 9.98 Å². The fourth-order valence-corrected chi connectivity index (χ4v) is 2.91. The number of sulfonamides is 1. The topological polar surface area (TPSA) is 120 Å². The van der Waals surface area contributed by atoms with Crippen LogP contribution in [0.5, 0.6) is 0 Å². The molecule has 1 atom stereocenters. The summed E-state index contributed by atoms with van der Waals surface area (Å²) in [7, 11) is -4.09. The van der Waals surface area contributed by atoms with Crippen molar-refractivity contribution < 1.29 is 18.3 Å². The number of rotatable bonds is 7. The van der Waals surface area contributed by atoms with Crippen molar-refractivity contribution in [1.82, 2.24) is 9.71 Å². The number of carboxylic acids is 1. The molecule has 0 spiro atoms. The predicted molar refractivity (Wildman–Crippen MR) is 70.2 cm³/mol. The first-order chi connectivity index (χ1) is 9.42. The maximum atomic E-state index is 12.1. The zero-order valence-corrected chi connectivity index (χ0v) is 11.7. The number of aliphatic carboxylic acids is 1. The number of carbonyl (C=O) groups is 1. The van der Waals surface area contributed by atoms with Gasteiger partial charge in [-0.1, -0.05) is 19.8 Å². The van der Waals surface area contributed by atoms with Crippen molar-refractivity contribution in [3.8, 4) is 6.07 Å². The summed E-state index contributed by atoms with van der Waals surface area (Å²) in [5.41, 5.74) is -0.264. The first-order valence-corrected chi connectivity index (χ1v) is 7.51. The molecule has 0 bridgehead atoms. The van der Waals surface area contributed by atoms with Gasteiger partial charge < -0.3 is 5.11 Å². The van der Waals surface area contributed by atoms with Gasteiger partial charge in [-0.25, -0.2) is 13.4 Å². The van der Waals surface area contributed by atoms with Crippen LogP contribution in [-0.4, -0.2) is 30.5 Å². The molecule has 0 unspecified atom stereocenters. The normalized spacial score (nSPS) is 12.6. The molecule has 1 heterocycles. The Morgan fingerprint density at radius 1 is 1.60 bits per heavy atom. The third kappa shape index (κ3) is 4.01. The molecule has 20 heavy (non-hydrogen) atoms. The average molecular weight is 297 g/mol. The van der Waals surface area contributed by atoms with Gasteiger partial charge in [0.2, 0.25) is 10.0 Å². The standard InChI is InChI=1S/C12H15N3O4S/c1-2-3-5-9(12(16)17)15-20(18,19)11-6-4-7-14-10(11)8-13/h4,6-7,9,15H,2-3,5H2,1H3,(H,16,17)/t9-/m0/s1. The minimum atomic E-state index is -4.09. The molecule has 0 aliphatic heterocycles. The second-order valence-corrected chi connectivity index (χ2v) is 5.80. The Kier molecular flexibility index (Phi) is 5.61. The third-order valence-electron chi connectivity index (χ3n) is 2.61. The van der Waals surface area contributed by atoms with Crippen molar-refractivity contribution in [3.63, 3.8) is 0 Å². The maximum Gasteiger partial charge on any atom is 0.321 e. The second kappa shape index (κ2) is 6.98. The Labute approximate surface area is 117 Å². The maximum absolute atomic E-state index is 12.1. The molecule has 0 radical (unpaired) electrons. The van der Waals surface area contributed by atoms with Gasteiger partial charge in [-0.3, -0.25) is 4.79 Å². The number of nitriles is 1. The molecule has 0 saturated carbocycles. The van der Waals surface area contributed by atoms with E-state index in [9.17, 15) is 13.2 Å². The molecular weight excluding hydrogens is 282 g/mol.